The standard InChI is InChI=1S/C17H29N5OS.HI/c1-13-16(24-14(2)20-13)4-6-19-17(18-3)22-7-5-15(12-22)21-8-10-23-11-9-21;/h15H,4-12H2,1-3H3,(H,18,19);1H. The lowest BCUT2D eigenvalue weighted by atomic mass is 10.2. The summed E-state index contributed by atoms with van der Waals surface area (Å²) in [4.78, 5) is 15.3. The zero-order chi connectivity index (χ0) is 16.9. The van der Waals surface area contributed by atoms with Gasteiger partial charge >= 0.3 is 0 Å². The van der Waals surface area contributed by atoms with Gasteiger partial charge in [-0.15, -0.1) is 35.3 Å². The van der Waals surface area contributed by atoms with E-state index in [0.29, 0.717) is 6.04 Å². The van der Waals surface area contributed by atoms with Crippen LogP contribution in [-0.4, -0.2) is 79.8 Å². The molecule has 0 aliphatic carbocycles. The van der Waals surface area contributed by atoms with E-state index in [4.69, 9.17) is 4.74 Å². The van der Waals surface area contributed by atoms with Gasteiger partial charge in [0.15, 0.2) is 5.96 Å². The molecule has 8 heteroatoms. The van der Waals surface area contributed by atoms with Gasteiger partial charge in [-0.05, 0) is 20.3 Å². The number of morpholine rings is 1. The molecule has 3 rings (SSSR count). The third-order valence-electron chi connectivity index (χ3n) is 4.87. The van der Waals surface area contributed by atoms with Crippen molar-refractivity contribution in [1.29, 1.82) is 0 Å². The fourth-order valence-electron chi connectivity index (χ4n) is 3.60. The Morgan fingerprint density at radius 2 is 2.08 bits per heavy atom. The van der Waals surface area contributed by atoms with Crippen molar-refractivity contribution in [2.24, 2.45) is 4.99 Å². The molecule has 0 radical (unpaired) electrons. The number of thiazole rings is 1. The number of hydrogen-bond donors (Lipinski definition) is 1. The molecule has 2 aliphatic heterocycles. The molecular weight excluding hydrogens is 449 g/mol. The molecule has 2 saturated heterocycles. The lowest BCUT2D eigenvalue weighted by Gasteiger charge is -2.32. The smallest absolute Gasteiger partial charge is 0.193 e. The molecule has 3 heterocycles. The predicted octanol–water partition coefficient (Wildman–Crippen LogP) is 1.90. The summed E-state index contributed by atoms with van der Waals surface area (Å²) in [7, 11) is 1.88. The molecule has 1 atom stereocenters. The van der Waals surface area contributed by atoms with Gasteiger partial charge in [0.2, 0.25) is 0 Å². The van der Waals surface area contributed by atoms with Gasteiger partial charge in [0.25, 0.3) is 0 Å². The second-order valence-electron chi connectivity index (χ2n) is 6.50. The van der Waals surface area contributed by atoms with Gasteiger partial charge in [-0.1, -0.05) is 0 Å². The highest BCUT2D eigenvalue weighted by atomic mass is 127. The molecule has 142 valence electrons. The van der Waals surface area contributed by atoms with E-state index >= 15 is 0 Å². The van der Waals surface area contributed by atoms with E-state index in [1.165, 1.54) is 17.0 Å². The lowest BCUT2D eigenvalue weighted by Crippen LogP contribution is -2.46. The highest BCUT2D eigenvalue weighted by molar-refractivity contribution is 14.0. The zero-order valence-corrected chi connectivity index (χ0v) is 18.6. The Morgan fingerprint density at radius 1 is 1.32 bits per heavy atom. The van der Waals surface area contributed by atoms with Crippen LogP contribution in [0.25, 0.3) is 0 Å². The Kier molecular flexibility index (Phi) is 8.37. The summed E-state index contributed by atoms with van der Waals surface area (Å²) < 4.78 is 5.47. The number of ether oxygens (including phenoxy) is 1. The molecule has 1 N–H and O–H groups in total. The average molecular weight is 479 g/mol. The van der Waals surface area contributed by atoms with Crippen LogP contribution < -0.4 is 5.32 Å². The second kappa shape index (κ2) is 10.0. The van der Waals surface area contributed by atoms with E-state index in [0.717, 1.165) is 63.3 Å². The van der Waals surface area contributed by atoms with Gasteiger partial charge in [-0.25, -0.2) is 4.98 Å². The van der Waals surface area contributed by atoms with Gasteiger partial charge in [-0.2, -0.15) is 0 Å². The minimum Gasteiger partial charge on any atom is -0.379 e. The molecule has 0 amide bonds. The monoisotopic (exact) mass is 479 g/mol. The molecule has 2 aliphatic rings. The van der Waals surface area contributed by atoms with Crippen LogP contribution >= 0.6 is 35.3 Å². The minimum atomic E-state index is 0. The number of nitrogens with zero attached hydrogens (tertiary/aromatic N) is 4. The zero-order valence-electron chi connectivity index (χ0n) is 15.5. The van der Waals surface area contributed by atoms with Crippen molar-refractivity contribution in [3.63, 3.8) is 0 Å². The van der Waals surface area contributed by atoms with Crippen molar-refractivity contribution in [1.82, 2.24) is 20.1 Å². The number of likely N-dealkylation sites (tertiary alicyclic amines) is 1. The van der Waals surface area contributed by atoms with Crippen molar-refractivity contribution in [3.8, 4) is 0 Å². The number of aliphatic imine (C=N–C) groups is 1. The highest BCUT2D eigenvalue weighted by Gasteiger charge is 2.30. The number of hydrogen-bond acceptors (Lipinski definition) is 5. The van der Waals surface area contributed by atoms with Crippen LogP contribution in [0.15, 0.2) is 4.99 Å². The third-order valence-corrected chi connectivity index (χ3v) is 6.00. The number of guanidine groups is 1. The molecule has 0 bridgehead atoms. The van der Waals surface area contributed by atoms with Gasteiger partial charge < -0.3 is 15.0 Å². The lowest BCUT2D eigenvalue weighted by molar-refractivity contribution is 0.0195. The summed E-state index contributed by atoms with van der Waals surface area (Å²) >= 11 is 1.80. The minimum absolute atomic E-state index is 0. The van der Waals surface area contributed by atoms with Gasteiger partial charge in [-0.3, -0.25) is 9.89 Å². The molecule has 6 nitrogen and oxygen atoms in total. The Hall–Kier alpha value is -0.450. The summed E-state index contributed by atoms with van der Waals surface area (Å²) in [5, 5.41) is 4.68. The maximum absolute atomic E-state index is 5.47. The first-order chi connectivity index (χ1) is 11.7. The molecule has 25 heavy (non-hydrogen) atoms. The van der Waals surface area contributed by atoms with Crippen LogP contribution in [-0.2, 0) is 11.2 Å². The summed E-state index contributed by atoms with van der Waals surface area (Å²) in [5.41, 5.74) is 1.17. The van der Waals surface area contributed by atoms with E-state index in [1.807, 2.05) is 7.05 Å². The highest BCUT2D eigenvalue weighted by Crippen LogP contribution is 2.18. The van der Waals surface area contributed by atoms with Crippen LogP contribution in [0.2, 0.25) is 0 Å². The van der Waals surface area contributed by atoms with Crippen LogP contribution in [0.4, 0.5) is 0 Å². The molecule has 0 spiro atoms. The molecule has 0 aromatic carbocycles. The van der Waals surface area contributed by atoms with Crippen LogP contribution in [0.3, 0.4) is 0 Å². The quantitative estimate of drug-likeness (QED) is 0.406. The van der Waals surface area contributed by atoms with Crippen molar-refractivity contribution in [3.05, 3.63) is 15.6 Å². The first-order valence-corrected chi connectivity index (χ1v) is 9.69. The van der Waals surface area contributed by atoms with E-state index in [2.05, 4.69) is 38.9 Å². The molecule has 1 unspecified atom stereocenters. The first-order valence-electron chi connectivity index (χ1n) is 8.87. The SMILES string of the molecule is CN=C(NCCc1sc(C)nc1C)N1CCC(N2CCOCC2)C1.I. The van der Waals surface area contributed by atoms with Gasteiger partial charge in [0, 0.05) is 57.1 Å². The topological polar surface area (TPSA) is 53.0 Å². The fourth-order valence-corrected chi connectivity index (χ4v) is 4.54. The predicted molar refractivity (Wildman–Crippen MR) is 114 cm³/mol. The van der Waals surface area contributed by atoms with Crippen LogP contribution in [0.1, 0.15) is 22.0 Å². The molecule has 0 saturated carbocycles. The van der Waals surface area contributed by atoms with Crippen molar-refractivity contribution >= 4 is 41.3 Å². The van der Waals surface area contributed by atoms with Gasteiger partial charge in [0.05, 0.1) is 23.9 Å². The normalized spacial score (nSPS) is 22.1. The number of nitrogens with one attached hydrogen (secondary N) is 1. The summed E-state index contributed by atoms with van der Waals surface area (Å²) in [6.07, 6.45) is 2.23. The van der Waals surface area contributed by atoms with E-state index in [9.17, 15) is 0 Å². The number of halogens is 1. The van der Waals surface area contributed by atoms with E-state index < -0.39 is 0 Å². The van der Waals surface area contributed by atoms with Gasteiger partial charge in [0.1, 0.15) is 0 Å². The fraction of sp³-hybridized carbons (Fsp3) is 0.765. The Morgan fingerprint density at radius 3 is 2.72 bits per heavy atom. The Bertz CT molecular complexity index is 573. The summed E-state index contributed by atoms with van der Waals surface area (Å²) in [6.45, 7) is 11.1. The summed E-state index contributed by atoms with van der Waals surface area (Å²) in [6, 6.07) is 0.638. The van der Waals surface area contributed by atoms with Crippen LogP contribution in [0, 0.1) is 13.8 Å². The Labute approximate surface area is 172 Å². The number of rotatable bonds is 4. The number of aromatic nitrogens is 1. The first kappa shape index (κ1) is 20.9. The van der Waals surface area contributed by atoms with Crippen molar-refractivity contribution < 1.29 is 4.74 Å². The summed E-state index contributed by atoms with van der Waals surface area (Å²) in [5.74, 6) is 1.03. The molecule has 1 aromatic rings. The number of aryl methyl sites for hydroxylation is 2. The van der Waals surface area contributed by atoms with E-state index in [-0.39, 0.29) is 24.0 Å². The maximum Gasteiger partial charge on any atom is 0.193 e. The molecule has 1 aromatic heterocycles. The second-order valence-corrected chi connectivity index (χ2v) is 7.79. The Balaban J connectivity index is 0.00000225. The average Bonchev–Trinajstić information content (AvgIpc) is 3.19. The maximum atomic E-state index is 5.47. The van der Waals surface area contributed by atoms with E-state index in [1.54, 1.807) is 11.3 Å². The van der Waals surface area contributed by atoms with Crippen molar-refractivity contribution in [2.75, 3.05) is 53.0 Å². The van der Waals surface area contributed by atoms with Crippen LogP contribution in [0.5, 0.6) is 0 Å². The molecular formula is C17H30IN5OS. The molecule has 2 fully saturated rings. The van der Waals surface area contributed by atoms with Crippen molar-refractivity contribution in [2.45, 2.75) is 32.7 Å². The largest absolute Gasteiger partial charge is 0.379 e. The third kappa shape index (κ3) is 5.51.